The van der Waals surface area contributed by atoms with Gasteiger partial charge in [0.25, 0.3) is 0 Å². The number of hydrogen-bond donors (Lipinski definition) is 2. The smallest absolute Gasteiger partial charge is 0.119 e. The zero-order valence-electron chi connectivity index (χ0n) is 18.2. The average Bonchev–Trinajstić information content (AvgIpc) is 2.77. The molecule has 0 aromatic heterocycles. The number of rotatable bonds is 10. The van der Waals surface area contributed by atoms with Crippen molar-refractivity contribution in [1.82, 2.24) is 0 Å². The third-order valence-corrected chi connectivity index (χ3v) is 5.04. The molecule has 2 unspecified atom stereocenters. The highest BCUT2D eigenvalue weighted by Gasteiger charge is 2.23. The summed E-state index contributed by atoms with van der Waals surface area (Å²) in [5.74, 6) is 1.61. The van der Waals surface area contributed by atoms with E-state index in [2.05, 4.69) is 26.0 Å². The van der Waals surface area contributed by atoms with Gasteiger partial charge in [-0.1, -0.05) is 58.9 Å². The van der Waals surface area contributed by atoms with Crippen LogP contribution in [0.25, 0.3) is 0 Å². The van der Waals surface area contributed by atoms with Crippen LogP contribution in [0.3, 0.4) is 0 Å². The number of halogens is 1. The van der Waals surface area contributed by atoms with E-state index in [1.54, 1.807) is 0 Å². The minimum atomic E-state index is -0.665. The molecule has 29 heavy (non-hydrogen) atoms. The number of aliphatic hydroxyl groups is 2. The average molecular weight is 423 g/mol. The van der Waals surface area contributed by atoms with E-state index in [-0.39, 0.29) is 17.9 Å². The molecule has 0 fully saturated rings. The maximum atomic E-state index is 9.60. The molecule has 0 aliphatic heterocycles. The predicted molar refractivity (Wildman–Crippen MR) is 120 cm³/mol. The second-order valence-corrected chi connectivity index (χ2v) is 7.47. The van der Waals surface area contributed by atoms with E-state index < -0.39 is 12.2 Å². The molecule has 0 aliphatic carbocycles. The van der Waals surface area contributed by atoms with Gasteiger partial charge >= 0.3 is 0 Å². The van der Waals surface area contributed by atoms with Crippen LogP contribution in [0, 0.1) is 0 Å². The third-order valence-electron chi connectivity index (χ3n) is 4.69. The summed E-state index contributed by atoms with van der Waals surface area (Å²) in [6.45, 7) is 10.7. The highest BCUT2D eigenvalue weighted by atomic mass is 35.5. The molecular weight excluding hydrogens is 388 g/mol. The molecule has 2 atom stereocenters. The Labute approximate surface area is 180 Å². The minimum absolute atomic E-state index is 0.155. The Morgan fingerprint density at radius 2 is 1.17 bits per heavy atom. The number of hydrogen-bond acceptors (Lipinski definition) is 4. The minimum Gasteiger partial charge on any atom is -0.491 e. The number of benzene rings is 2. The molecule has 0 radical (unpaired) electrons. The fourth-order valence-corrected chi connectivity index (χ4v) is 2.74. The first-order chi connectivity index (χ1) is 13.9. The first-order valence-corrected chi connectivity index (χ1v) is 10.8. The van der Waals surface area contributed by atoms with Gasteiger partial charge in [0.1, 0.15) is 30.8 Å². The third kappa shape index (κ3) is 7.88. The van der Waals surface area contributed by atoms with Crippen molar-refractivity contribution in [1.29, 1.82) is 0 Å². The molecule has 0 aliphatic rings. The van der Waals surface area contributed by atoms with Gasteiger partial charge in [0.15, 0.2) is 0 Å². The van der Waals surface area contributed by atoms with Gasteiger partial charge in [-0.2, -0.15) is 0 Å². The largest absolute Gasteiger partial charge is 0.491 e. The number of ether oxygens (including phenoxy) is 2. The van der Waals surface area contributed by atoms with Crippen molar-refractivity contribution in [2.24, 2.45) is 0 Å². The zero-order valence-corrected chi connectivity index (χ0v) is 18.9. The fourth-order valence-electron chi connectivity index (χ4n) is 2.65. The van der Waals surface area contributed by atoms with Gasteiger partial charge in [-0.3, -0.25) is 0 Å². The van der Waals surface area contributed by atoms with Crippen LogP contribution in [0.15, 0.2) is 48.5 Å². The first kappa shape index (κ1) is 25.3. The van der Waals surface area contributed by atoms with Gasteiger partial charge in [0, 0.05) is 5.41 Å². The summed E-state index contributed by atoms with van der Waals surface area (Å²) in [5.41, 5.74) is 2.13. The monoisotopic (exact) mass is 422 g/mol. The topological polar surface area (TPSA) is 58.9 Å². The van der Waals surface area contributed by atoms with Crippen LogP contribution in [0.5, 0.6) is 11.5 Å². The van der Waals surface area contributed by atoms with Crippen molar-refractivity contribution in [3.05, 3.63) is 59.7 Å². The van der Waals surface area contributed by atoms with Crippen molar-refractivity contribution >= 4 is 11.6 Å². The molecule has 162 valence electrons. The quantitative estimate of drug-likeness (QED) is 0.519. The molecule has 2 rings (SSSR count). The van der Waals surface area contributed by atoms with Crippen LogP contribution in [-0.4, -0.2) is 41.5 Å². The van der Waals surface area contributed by atoms with E-state index in [9.17, 15) is 10.2 Å². The molecule has 0 saturated heterocycles. The van der Waals surface area contributed by atoms with Gasteiger partial charge < -0.3 is 19.7 Å². The predicted octanol–water partition coefficient (Wildman–Crippen LogP) is 5.17. The van der Waals surface area contributed by atoms with Gasteiger partial charge in [-0.15, -0.1) is 11.6 Å². The number of aliphatic hydroxyl groups excluding tert-OH is 2. The standard InChI is InChI=1S/C22H29ClO4.C2H6/c1-4-18(24)14-26-20-9-5-16(6-10-20)22(2,3)17-7-11-21(12-8-17)27-15-19(25)13-23;1-2/h5-12,18-19,24-25H,4,13-15H2,1-3H3;1-2H3. The van der Waals surface area contributed by atoms with Gasteiger partial charge in [-0.05, 0) is 41.8 Å². The molecule has 0 amide bonds. The summed E-state index contributed by atoms with van der Waals surface area (Å²) in [5, 5.41) is 19.1. The Hall–Kier alpha value is -1.75. The SMILES string of the molecule is CC.CCC(O)COc1ccc(C(C)(C)c2ccc(OCC(O)CCl)cc2)cc1. The van der Waals surface area contributed by atoms with Crippen LogP contribution in [0.1, 0.15) is 52.2 Å². The maximum Gasteiger partial charge on any atom is 0.119 e. The molecule has 0 saturated carbocycles. The molecular formula is C24H35ClO4. The van der Waals surface area contributed by atoms with Crippen LogP contribution in [-0.2, 0) is 5.41 Å². The Bertz CT molecular complexity index is 624. The molecule has 2 aromatic carbocycles. The Balaban J connectivity index is 0.00000204. The summed E-state index contributed by atoms with van der Waals surface area (Å²) in [4.78, 5) is 0. The van der Waals surface area contributed by atoms with E-state index in [1.165, 1.54) is 0 Å². The zero-order chi connectivity index (χ0) is 21.9. The molecule has 2 N–H and O–H groups in total. The lowest BCUT2D eigenvalue weighted by Crippen LogP contribution is -2.20. The fraction of sp³-hybridized carbons (Fsp3) is 0.500. The molecule has 4 nitrogen and oxygen atoms in total. The first-order valence-electron chi connectivity index (χ1n) is 10.3. The summed E-state index contributed by atoms with van der Waals surface area (Å²) in [6, 6.07) is 15.8. The lowest BCUT2D eigenvalue weighted by atomic mass is 9.78. The normalized spacial score (nSPS) is 13.1. The van der Waals surface area contributed by atoms with Gasteiger partial charge in [0.05, 0.1) is 12.0 Å². The molecule has 2 aromatic rings. The van der Waals surface area contributed by atoms with E-state index >= 15 is 0 Å². The van der Waals surface area contributed by atoms with Crippen molar-refractivity contribution < 1.29 is 19.7 Å². The Morgan fingerprint density at radius 1 is 0.793 bits per heavy atom. The second-order valence-electron chi connectivity index (χ2n) is 7.17. The van der Waals surface area contributed by atoms with Crippen molar-refractivity contribution in [3.8, 4) is 11.5 Å². The van der Waals surface area contributed by atoms with Crippen molar-refractivity contribution in [3.63, 3.8) is 0 Å². The van der Waals surface area contributed by atoms with Crippen LogP contribution in [0.4, 0.5) is 0 Å². The van der Waals surface area contributed by atoms with Crippen LogP contribution < -0.4 is 9.47 Å². The van der Waals surface area contributed by atoms with E-state index in [0.717, 1.165) is 16.9 Å². The van der Waals surface area contributed by atoms with Crippen molar-refractivity contribution in [2.75, 3.05) is 19.1 Å². The molecule has 5 heteroatoms. The van der Waals surface area contributed by atoms with Gasteiger partial charge in [0.2, 0.25) is 0 Å². The molecule has 0 spiro atoms. The Kier molecular flexibility index (Phi) is 11.1. The Morgan fingerprint density at radius 3 is 1.52 bits per heavy atom. The summed E-state index contributed by atoms with van der Waals surface area (Å²) < 4.78 is 11.1. The summed E-state index contributed by atoms with van der Waals surface area (Å²) >= 11 is 5.57. The molecule has 0 heterocycles. The van der Waals surface area contributed by atoms with E-state index in [1.807, 2.05) is 57.2 Å². The van der Waals surface area contributed by atoms with E-state index in [0.29, 0.717) is 18.8 Å². The lowest BCUT2D eigenvalue weighted by molar-refractivity contribution is 0.104. The highest BCUT2D eigenvalue weighted by Crippen LogP contribution is 2.33. The summed E-state index contributed by atoms with van der Waals surface area (Å²) in [7, 11) is 0. The van der Waals surface area contributed by atoms with Crippen molar-refractivity contribution in [2.45, 2.75) is 58.7 Å². The summed E-state index contributed by atoms with van der Waals surface area (Å²) in [6.07, 6.45) is -0.426. The van der Waals surface area contributed by atoms with Crippen LogP contribution in [0.2, 0.25) is 0 Å². The maximum absolute atomic E-state index is 9.60. The number of alkyl halides is 1. The highest BCUT2D eigenvalue weighted by molar-refractivity contribution is 6.18. The van der Waals surface area contributed by atoms with Gasteiger partial charge in [-0.25, -0.2) is 0 Å². The van der Waals surface area contributed by atoms with Crippen LogP contribution >= 0.6 is 11.6 Å². The molecule has 0 bridgehead atoms. The lowest BCUT2D eigenvalue weighted by Gasteiger charge is -2.26. The second kappa shape index (κ2) is 12.7. The van der Waals surface area contributed by atoms with E-state index in [4.69, 9.17) is 21.1 Å².